The van der Waals surface area contributed by atoms with Gasteiger partial charge in [-0.1, -0.05) is 13.0 Å². The second-order valence-corrected chi connectivity index (χ2v) is 7.24. The summed E-state index contributed by atoms with van der Waals surface area (Å²) < 4.78 is 16.8. The van der Waals surface area contributed by atoms with Gasteiger partial charge in [0, 0.05) is 23.1 Å². The molecule has 5 atom stereocenters. The van der Waals surface area contributed by atoms with Crippen LogP contribution < -0.4 is 0 Å². The van der Waals surface area contributed by atoms with Crippen LogP contribution >= 0.6 is 0 Å². The first kappa shape index (κ1) is 17.7. The van der Waals surface area contributed by atoms with Crippen molar-refractivity contribution in [2.24, 2.45) is 11.8 Å². The molecule has 1 aromatic rings. The largest absolute Gasteiger partial charge is 0.469 e. The van der Waals surface area contributed by atoms with E-state index in [1.165, 1.54) is 6.26 Å². The van der Waals surface area contributed by atoms with E-state index >= 15 is 0 Å². The highest BCUT2D eigenvalue weighted by Gasteiger charge is 2.55. The SMILES string of the molecule is C/C=C(\C)C(=O)O[C@H]1C[C@](C)(O)c2coc(C)c2[C@H]2OC(=O)[C@@H](C)[C@H]12. The Labute approximate surface area is 146 Å². The number of carbonyl (C=O) groups is 2. The summed E-state index contributed by atoms with van der Waals surface area (Å²) in [5.41, 5.74) is 0.506. The van der Waals surface area contributed by atoms with E-state index in [9.17, 15) is 14.7 Å². The first-order chi connectivity index (χ1) is 11.7. The number of hydrogen-bond acceptors (Lipinski definition) is 6. The maximum atomic E-state index is 12.3. The highest BCUT2D eigenvalue weighted by molar-refractivity contribution is 5.87. The number of aliphatic hydroxyl groups is 1. The number of aryl methyl sites for hydroxylation is 1. The third-order valence-electron chi connectivity index (χ3n) is 5.47. The zero-order valence-electron chi connectivity index (χ0n) is 15.2. The van der Waals surface area contributed by atoms with Crippen LogP contribution in [0.4, 0.5) is 0 Å². The van der Waals surface area contributed by atoms with E-state index in [2.05, 4.69) is 0 Å². The smallest absolute Gasteiger partial charge is 0.333 e. The average Bonchev–Trinajstić information content (AvgIpc) is 3.03. The Morgan fingerprint density at radius 3 is 2.80 bits per heavy atom. The van der Waals surface area contributed by atoms with E-state index in [0.29, 0.717) is 22.5 Å². The van der Waals surface area contributed by atoms with Gasteiger partial charge >= 0.3 is 11.9 Å². The minimum Gasteiger partial charge on any atom is -0.469 e. The minimum absolute atomic E-state index is 0.170. The van der Waals surface area contributed by atoms with Crippen LogP contribution in [0, 0.1) is 18.8 Å². The summed E-state index contributed by atoms with van der Waals surface area (Å²) in [7, 11) is 0. The van der Waals surface area contributed by atoms with Crippen LogP contribution in [0.3, 0.4) is 0 Å². The Bertz CT molecular complexity index is 741. The number of rotatable bonds is 2. The molecule has 0 bridgehead atoms. The number of carbonyl (C=O) groups excluding carboxylic acids is 2. The van der Waals surface area contributed by atoms with Crippen molar-refractivity contribution in [1.82, 2.24) is 0 Å². The third-order valence-corrected chi connectivity index (χ3v) is 5.47. The van der Waals surface area contributed by atoms with Gasteiger partial charge in [-0.15, -0.1) is 0 Å². The number of hydrogen-bond donors (Lipinski definition) is 1. The molecular weight excluding hydrogens is 324 g/mol. The first-order valence-electron chi connectivity index (χ1n) is 8.52. The lowest BCUT2D eigenvalue weighted by Gasteiger charge is -2.29. The Morgan fingerprint density at radius 1 is 1.48 bits per heavy atom. The minimum atomic E-state index is -1.25. The maximum absolute atomic E-state index is 12.3. The number of esters is 2. The predicted molar refractivity (Wildman–Crippen MR) is 88.4 cm³/mol. The Kier molecular flexibility index (Phi) is 4.27. The molecule has 0 saturated carbocycles. The van der Waals surface area contributed by atoms with Crippen molar-refractivity contribution in [3.8, 4) is 0 Å². The van der Waals surface area contributed by atoms with Crippen LogP contribution in [0.2, 0.25) is 0 Å². The summed E-state index contributed by atoms with van der Waals surface area (Å²) in [5.74, 6) is -0.984. The monoisotopic (exact) mass is 348 g/mol. The normalized spacial score (nSPS) is 34.8. The van der Waals surface area contributed by atoms with E-state index in [-0.39, 0.29) is 18.3 Å². The fourth-order valence-electron chi connectivity index (χ4n) is 3.84. The summed E-state index contributed by atoms with van der Waals surface area (Å²) in [6, 6.07) is 0. The molecule has 0 radical (unpaired) electrons. The van der Waals surface area contributed by atoms with Gasteiger partial charge in [-0.25, -0.2) is 4.79 Å². The topological polar surface area (TPSA) is 86.0 Å². The second kappa shape index (κ2) is 6.02. The molecule has 0 amide bonds. The van der Waals surface area contributed by atoms with Gasteiger partial charge < -0.3 is 19.0 Å². The van der Waals surface area contributed by atoms with Gasteiger partial charge in [-0.3, -0.25) is 4.79 Å². The van der Waals surface area contributed by atoms with Crippen molar-refractivity contribution in [1.29, 1.82) is 0 Å². The molecule has 2 heterocycles. The zero-order valence-corrected chi connectivity index (χ0v) is 15.2. The highest BCUT2D eigenvalue weighted by atomic mass is 16.6. The van der Waals surface area contributed by atoms with Crippen molar-refractivity contribution in [3.63, 3.8) is 0 Å². The van der Waals surface area contributed by atoms with Gasteiger partial charge in [0.25, 0.3) is 0 Å². The van der Waals surface area contributed by atoms with Gasteiger partial charge in [0.1, 0.15) is 18.0 Å². The molecule has 0 spiro atoms. The summed E-state index contributed by atoms with van der Waals surface area (Å²) in [6.45, 7) is 8.64. The van der Waals surface area contributed by atoms with E-state index in [4.69, 9.17) is 13.9 Å². The summed E-state index contributed by atoms with van der Waals surface area (Å²) in [5, 5.41) is 11.0. The molecule has 1 fully saturated rings. The molecule has 0 aromatic carbocycles. The van der Waals surface area contributed by atoms with E-state index in [1.807, 2.05) is 0 Å². The Balaban J connectivity index is 2.06. The van der Waals surface area contributed by atoms with Crippen molar-refractivity contribution in [2.75, 3.05) is 0 Å². The van der Waals surface area contributed by atoms with Gasteiger partial charge in [-0.2, -0.15) is 0 Å². The first-order valence-corrected chi connectivity index (χ1v) is 8.52. The molecule has 136 valence electrons. The highest BCUT2D eigenvalue weighted by Crippen LogP contribution is 2.51. The fraction of sp³-hybridized carbons (Fsp3) is 0.579. The summed E-state index contributed by atoms with van der Waals surface area (Å²) in [6.07, 6.45) is 2.11. The zero-order chi connectivity index (χ0) is 18.5. The molecule has 6 heteroatoms. The molecular formula is C19H24O6. The van der Waals surface area contributed by atoms with Crippen LogP contribution in [0.5, 0.6) is 0 Å². The molecule has 1 aliphatic carbocycles. The predicted octanol–water partition coefficient (Wildman–Crippen LogP) is 2.93. The molecule has 1 saturated heterocycles. The van der Waals surface area contributed by atoms with Gasteiger partial charge in [0.15, 0.2) is 0 Å². The Morgan fingerprint density at radius 2 is 2.16 bits per heavy atom. The van der Waals surface area contributed by atoms with Crippen LogP contribution in [0.15, 0.2) is 22.3 Å². The molecule has 0 unspecified atom stereocenters. The Hall–Kier alpha value is -2.08. The van der Waals surface area contributed by atoms with Gasteiger partial charge in [-0.05, 0) is 27.7 Å². The number of furan rings is 1. The summed E-state index contributed by atoms with van der Waals surface area (Å²) >= 11 is 0. The maximum Gasteiger partial charge on any atom is 0.333 e. The second-order valence-electron chi connectivity index (χ2n) is 7.24. The molecule has 25 heavy (non-hydrogen) atoms. The van der Waals surface area contributed by atoms with Crippen molar-refractivity contribution < 1.29 is 28.6 Å². The third kappa shape index (κ3) is 2.78. The lowest BCUT2D eigenvalue weighted by molar-refractivity contribution is -0.152. The lowest BCUT2D eigenvalue weighted by Crippen LogP contribution is -2.36. The van der Waals surface area contributed by atoms with Crippen molar-refractivity contribution in [3.05, 3.63) is 34.8 Å². The molecule has 3 rings (SSSR count). The molecule has 2 aliphatic rings. The van der Waals surface area contributed by atoms with E-state index in [0.717, 1.165) is 0 Å². The molecule has 1 N–H and O–H groups in total. The molecule has 6 nitrogen and oxygen atoms in total. The quantitative estimate of drug-likeness (QED) is 0.653. The van der Waals surface area contributed by atoms with Crippen molar-refractivity contribution >= 4 is 11.9 Å². The number of allylic oxidation sites excluding steroid dienone is 1. The lowest BCUT2D eigenvalue weighted by atomic mass is 9.83. The standard InChI is InChI=1S/C19H24O6/c1-6-9(2)17(20)24-13-7-19(5,22)12-8-23-11(4)15(12)16-14(13)10(3)18(21)25-16/h6,8,10,13-14,16,22H,7H2,1-5H3/b9-6+/t10-,13-,14+,16-,19-/m0/s1. The molecule has 1 aliphatic heterocycles. The number of fused-ring (bicyclic) bond motifs is 3. The summed E-state index contributed by atoms with van der Waals surface area (Å²) in [4.78, 5) is 24.5. The number of ether oxygens (including phenoxy) is 2. The molecule has 1 aromatic heterocycles. The van der Waals surface area contributed by atoms with Crippen LogP contribution in [-0.2, 0) is 24.7 Å². The van der Waals surface area contributed by atoms with Gasteiger partial charge in [0.05, 0.1) is 23.7 Å². The van der Waals surface area contributed by atoms with Crippen molar-refractivity contribution in [2.45, 2.75) is 58.8 Å². The fourth-order valence-corrected chi connectivity index (χ4v) is 3.84. The van der Waals surface area contributed by atoms with E-state index < -0.39 is 29.7 Å². The van der Waals surface area contributed by atoms with Crippen LogP contribution in [0.25, 0.3) is 0 Å². The van der Waals surface area contributed by atoms with Crippen LogP contribution in [-0.4, -0.2) is 23.1 Å². The average molecular weight is 348 g/mol. The van der Waals surface area contributed by atoms with Gasteiger partial charge in [0.2, 0.25) is 0 Å². The van der Waals surface area contributed by atoms with Crippen LogP contribution in [0.1, 0.15) is 57.1 Å². The van der Waals surface area contributed by atoms with E-state index in [1.54, 1.807) is 40.7 Å².